The van der Waals surface area contributed by atoms with Gasteiger partial charge in [-0.3, -0.25) is 4.79 Å². The van der Waals surface area contributed by atoms with E-state index in [2.05, 4.69) is 17.6 Å². The minimum absolute atomic E-state index is 0. The second-order valence-corrected chi connectivity index (χ2v) is 4.67. The maximum atomic E-state index is 11.6. The highest BCUT2D eigenvalue weighted by Crippen LogP contribution is 2.19. The van der Waals surface area contributed by atoms with Gasteiger partial charge in [-0.05, 0) is 25.7 Å². The quantitative estimate of drug-likeness (QED) is 0.768. The first-order valence-electron chi connectivity index (χ1n) is 5.85. The zero-order valence-electron chi connectivity index (χ0n) is 9.70. The standard InChI is InChI=1S/C11H20N2O2.ClH/c1-8-4-9(2-3-15-8)5-13-11(14)10-6-12-7-10;/h8-10,12H,2-7H2,1H3,(H,13,14);1H. The molecule has 4 nitrogen and oxygen atoms in total. The smallest absolute Gasteiger partial charge is 0.225 e. The van der Waals surface area contributed by atoms with E-state index in [1.807, 2.05) is 0 Å². The van der Waals surface area contributed by atoms with Crippen molar-refractivity contribution in [2.45, 2.75) is 25.9 Å². The molecule has 0 radical (unpaired) electrons. The zero-order chi connectivity index (χ0) is 10.7. The molecule has 2 atom stereocenters. The Morgan fingerprint density at radius 2 is 2.25 bits per heavy atom. The van der Waals surface area contributed by atoms with Gasteiger partial charge in [-0.25, -0.2) is 0 Å². The molecule has 0 bridgehead atoms. The molecule has 0 aromatic heterocycles. The predicted molar refractivity (Wildman–Crippen MR) is 64.8 cm³/mol. The third-order valence-electron chi connectivity index (χ3n) is 3.31. The number of hydrogen-bond acceptors (Lipinski definition) is 3. The Bertz CT molecular complexity index is 234. The number of rotatable bonds is 3. The summed E-state index contributed by atoms with van der Waals surface area (Å²) in [5.74, 6) is 1.03. The van der Waals surface area contributed by atoms with Crippen LogP contribution in [-0.4, -0.2) is 38.3 Å². The number of hydrogen-bond donors (Lipinski definition) is 2. The summed E-state index contributed by atoms with van der Waals surface area (Å²) >= 11 is 0. The monoisotopic (exact) mass is 248 g/mol. The summed E-state index contributed by atoms with van der Waals surface area (Å²) in [7, 11) is 0. The van der Waals surface area contributed by atoms with Gasteiger partial charge in [0.2, 0.25) is 5.91 Å². The molecule has 16 heavy (non-hydrogen) atoms. The molecule has 0 aliphatic carbocycles. The van der Waals surface area contributed by atoms with Gasteiger partial charge in [-0.15, -0.1) is 12.4 Å². The van der Waals surface area contributed by atoms with Crippen molar-refractivity contribution in [3.05, 3.63) is 0 Å². The lowest BCUT2D eigenvalue weighted by molar-refractivity contribution is -0.126. The van der Waals surface area contributed by atoms with Gasteiger partial charge in [0.25, 0.3) is 0 Å². The Kier molecular flexibility index (Phi) is 5.52. The molecule has 2 aliphatic heterocycles. The fourth-order valence-corrected chi connectivity index (χ4v) is 2.14. The van der Waals surface area contributed by atoms with E-state index in [0.717, 1.165) is 39.1 Å². The van der Waals surface area contributed by atoms with Crippen molar-refractivity contribution >= 4 is 18.3 Å². The molecule has 2 fully saturated rings. The number of halogens is 1. The largest absolute Gasteiger partial charge is 0.378 e. The second-order valence-electron chi connectivity index (χ2n) is 4.67. The van der Waals surface area contributed by atoms with E-state index in [-0.39, 0.29) is 24.2 Å². The first-order chi connectivity index (χ1) is 7.25. The summed E-state index contributed by atoms with van der Waals surface area (Å²) in [6.07, 6.45) is 2.50. The van der Waals surface area contributed by atoms with Gasteiger partial charge in [0.15, 0.2) is 0 Å². The summed E-state index contributed by atoms with van der Waals surface area (Å²) in [6.45, 7) is 5.45. The van der Waals surface area contributed by atoms with Gasteiger partial charge in [-0.1, -0.05) is 0 Å². The maximum absolute atomic E-state index is 11.6. The Morgan fingerprint density at radius 1 is 1.50 bits per heavy atom. The van der Waals surface area contributed by atoms with Crippen molar-refractivity contribution < 1.29 is 9.53 Å². The third-order valence-corrected chi connectivity index (χ3v) is 3.31. The van der Waals surface area contributed by atoms with Gasteiger partial charge < -0.3 is 15.4 Å². The van der Waals surface area contributed by atoms with E-state index in [9.17, 15) is 4.79 Å². The van der Waals surface area contributed by atoms with Crippen LogP contribution in [0.4, 0.5) is 0 Å². The minimum Gasteiger partial charge on any atom is -0.378 e. The molecule has 94 valence electrons. The van der Waals surface area contributed by atoms with Crippen LogP contribution in [0, 0.1) is 11.8 Å². The lowest BCUT2D eigenvalue weighted by atomic mass is 9.95. The van der Waals surface area contributed by atoms with Crippen LogP contribution in [0.2, 0.25) is 0 Å². The Hall–Kier alpha value is -0.320. The molecule has 2 saturated heterocycles. The average Bonchev–Trinajstić information content (AvgIpc) is 2.12. The van der Waals surface area contributed by atoms with Crippen molar-refractivity contribution in [1.82, 2.24) is 10.6 Å². The van der Waals surface area contributed by atoms with E-state index in [1.165, 1.54) is 0 Å². The SMILES string of the molecule is CC1CC(CNC(=O)C2CNC2)CCO1.Cl. The molecule has 1 amide bonds. The summed E-state index contributed by atoms with van der Waals surface area (Å²) in [5, 5.41) is 6.15. The number of nitrogens with one attached hydrogen (secondary N) is 2. The van der Waals surface area contributed by atoms with Gasteiger partial charge in [0, 0.05) is 26.2 Å². The van der Waals surface area contributed by atoms with Gasteiger partial charge in [-0.2, -0.15) is 0 Å². The molecule has 0 aromatic carbocycles. The van der Waals surface area contributed by atoms with Crippen molar-refractivity contribution in [3.63, 3.8) is 0 Å². The van der Waals surface area contributed by atoms with Crippen LogP contribution >= 0.6 is 12.4 Å². The van der Waals surface area contributed by atoms with E-state index in [1.54, 1.807) is 0 Å². The molecule has 0 aromatic rings. The molecule has 2 N–H and O–H groups in total. The molecular weight excluding hydrogens is 228 g/mol. The van der Waals surface area contributed by atoms with Gasteiger partial charge in [0.05, 0.1) is 12.0 Å². The first-order valence-corrected chi connectivity index (χ1v) is 5.85. The lowest BCUT2D eigenvalue weighted by Crippen LogP contribution is -2.51. The molecular formula is C11H21ClN2O2. The maximum Gasteiger partial charge on any atom is 0.225 e. The number of carbonyl (C=O) groups is 1. The fraction of sp³-hybridized carbons (Fsp3) is 0.909. The second kappa shape index (κ2) is 6.42. The van der Waals surface area contributed by atoms with Crippen molar-refractivity contribution in [1.29, 1.82) is 0 Å². The molecule has 5 heteroatoms. The third kappa shape index (κ3) is 3.61. The highest BCUT2D eigenvalue weighted by atomic mass is 35.5. The number of ether oxygens (including phenoxy) is 1. The summed E-state index contributed by atoms with van der Waals surface area (Å²) in [6, 6.07) is 0. The highest BCUT2D eigenvalue weighted by molar-refractivity contribution is 5.85. The highest BCUT2D eigenvalue weighted by Gasteiger charge is 2.26. The molecule has 2 rings (SSSR count). The topological polar surface area (TPSA) is 50.4 Å². The molecule has 2 heterocycles. The van der Waals surface area contributed by atoms with Gasteiger partial charge in [0.1, 0.15) is 0 Å². The Labute approximate surface area is 103 Å². The Morgan fingerprint density at radius 3 is 2.81 bits per heavy atom. The minimum atomic E-state index is 0. The van der Waals surface area contributed by atoms with Crippen LogP contribution in [0.15, 0.2) is 0 Å². The van der Waals surface area contributed by atoms with Crippen LogP contribution in [0.3, 0.4) is 0 Å². The summed E-state index contributed by atoms with van der Waals surface area (Å²) in [5.41, 5.74) is 0. The van der Waals surface area contributed by atoms with Crippen LogP contribution < -0.4 is 10.6 Å². The van der Waals surface area contributed by atoms with E-state index in [4.69, 9.17) is 4.74 Å². The average molecular weight is 249 g/mol. The van der Waals surface area contributed by atoms with Gasteiger partial charge >= 0.3 is 0 Å². The fourth-order valence-electron chi connectivity index (χ4n) is 2.14. The zero-order valence-corrected chi connectivity index (χ0v) is 10.5. The number of carbonyl (C=O) groups excluding carboxylic acids is 1. The Balaban J connectivity index is 0.00000128. The van der Waals surface area contributed by atoms with Crippen molar-refractivity contribution in [2.75, 3.05) is 26.2 Å². The van der Waals surface area contributed by atoms with Crippen LogP contribution in [0.1, 0.15) is 19.8 Å². The molecule has 2 aliphatic rings. The molecule has 0 saturated carbocycles. The first kappa shape index (κ1) is 13.7. The van der Waals surface area contributed by atoms with E-state index >= 15 is 0 Å². The van der Waals surface area contributed by atoms with Crippen LogP contribution in [0.5, 0.6) is 0 Å². The lowest BCUT2D eigenvalue weighted by Gasteiger charge is -2.30. The van der Waals surface area contributed by atoms with Crippen LogP contribution in [-0.2, 0) is 9.53 Å². The van der Waals surface area contributed by atoms with E-state index < -0.39 is 0 Å². The molecule has 0 spiro atoms. The predicted octanol–water partition coefficient (Wildman–Crippen LogP) is 0.559. The molecule has 2 unspecified atom stereocenters. The summed E-state index contributed by atoms with van der Waals surface area (Å²) < 4.78 is 5.47. The van der Waals surface area contributed by atoms with E-state index in [0.29, 0.717) is 12.0 Å². The normalized spacial score (nSPS) is 30.1. The van der Waals surface area contributed by atoms with Crippen LogP contribution in [0.25, 0.3) is 0 Å². The van der Waals surface area contributed by atoms with Crippen molar-refractivity contribution in [2.24, 2.45) is 11.8 Å². The van der Waals surface area contributed by atoms with Crippen molar-refractivity contribution in [3.8, 4) is 0 Å². The summed E-state index contributed by atoms with van der Waals surface area (Å²) in [4.78, 5) is 11.6. The number of amides is 1.